The Bertz CT molecular complexity index is 604. The van der Waals surface area contributed by atoms with Crippen LogP contribution in [0.15, 0.2) is 12.4 Å². The Kier molecular flexibility index (Phi) is 4.16. The summed E-state index contributed by atoms with van der Waals surface area (Å²) in [4.78, 5) is 35.5. The number of ether oxygens (including phenoxy) is 1. The van der Waals surface area contributed by atoms with Crippen molar-refractivity contribution < 1.29 is 19.2 Å². The number of likely N-dealkylation sites (tertiary alicyclic amines) is 1. The Morgan fingerprint density at radius 3 is 2.68 bits per heavy atom. The van der Waals surface area contributed by atoms with Crippen LogP contribution in [0.4, 0.5) is 10.5 Å². The number of nitro groups is 1. The molecule has 1 saturated heterocycles. The number of carbonyl (C=O) groups is 2. The summed E-state index contributed by atoms with van der Waals surface area (Å²) in [6.45, 7) is 5.50. The lowest BCUT2D eigenvalue weighted by atomic mass is 10.0. The van der Waals surface area contributed by atoms with E-state index in [1.54, 1.807) is 20.8 Å². The molecule has 22 heavy (non-hydrogen) atoms. The fraction of sp³-hybridized carbons (Fsp3) is 0.615. The lowest BCUT2D eigenvalue weighted by Crippen LogP contribution is -2.46. The van der Waals surface area contributed by atoms with Gasteiger partial charge >= 0.3 is 11.8 Å². The van der Waals surface area contributed by atoms with Crippen LogP contribution in [-0.4, -0.2) is 50.2 Å². The van der Waals surface area contributed by atoms with E-state index >= 15 is 0 Å². The number of piperidine rings is 1. The van der Waals surface area contributed by atoms with Crippen LogP contribution in [0.3, 0.4) is 0 Å². The van der Waals surface area contributed by atoms with Crippen molar-refractivity contribution in [3.63, 3.8) is 0 Å². The van der Waals surface area contributed by atoms with Gasteiger partial charge in [0.25, 0.3) is 0 Å². The van der Waals surface area contributed by atoms with Crippen molar-refractivity contribution in [3.05, 3.63) is 22.5 Å². The van der Waals surface area contributed by atoms with Crippen LogP contribution >= 0.6 is 0 Å². The summed E-state index contributed by atoms with van der Waals surface area (Å²) in [7, 11) is 0. The first-order valence-corrected chi connectivity index (χ1v) is 6.86. The quantitative estimate of drug-likeness (QED) is 0.605. The average molecular weight is 310 g/mol. The highest BCUT2D eigenvalue weighted by molar-refractivity contribution is 5.88. The summed E-state index contributed by atoms with van der Waals surface area (Å²) < 4.78 is 6.51. The van der Waals surface area contributed by atoms with E-state index in [4.69, 9.17) is 4.74 Å². The fourth-order valence-corrected chi connectivity index (χ4v) is 2.17. The molecule has 2 rings (SSSR count). The lowest BCUT2D eigenvalue weighted by Gasteiger charge is -2.32. The molecule has 0 radical (unpaired) electrons. The Labute approximate surface area is 127 Å². The number of amides is 1. The fourth-order valence-electron chi connectivity index (χ4n) is 2.17. The Balaban J connectivity index is 2.02. The first kappa shape index (κ1) is 15.9. The number of rotatable bonds is 2. The second kappa shape index (κ2) is 5.74. The molecule has 0 aliphatic carbocycles. The minimum Gasteiger partial charge on any atom is -0.444 e. The summed E-state index contributed by atoms with van der Waals surface area (Å²) in [6, 6.07) is -0.590. The van der Waals surface area contributed by atoms with Crippen LogP contribution in [0, 0.1) is 10.1 Å². The first-order chi connectivity index (χ1) is 10.2. The topological polar surface area (TPSA) is 108 Å². The van der Waals surface area contributed by atoms with Crippen molar-refractivity contribution in [2.24, 2.45) is 0 Å². The highest BCUT2D eigenvalue weighted by Gasteiger charge is 2.33. The molecule has 1 aromatic rings. The molecule has 1 amide bonds. The van der Waals surface area contributed by atoms with Gasteiger partial charge in [-0.05, 0) is 27.2 Å². The number of ketones is 1. The normalized spacial score (nSPS) is 19.1. The van der Waals surface area contributed by atoms with Gasteiger partial charge in [0.1, 0.15) is 24.0 Å². The Hall–Kier alpha value is -2.45. The number of hydrogen-bond acceptors (Lipinski definition) is 6. The zero-order valence-electron chi connectivity index (χ0n) is 12.7. The molecule has 9 nitrogen and oxygen atoms in total. The van der Waals surface area contributed by atoms with Crippen molar-refractivity contribution >= 4 is 17.6 Å². The Morgan fingerprint density at radius 1 is 1.50 bits per heavy atom. The van der Waals surface area contributed by atoms with Crippen molar-refractivity contribution in [2.45, 2.75) is 38.8 Å². The molecule has 0 bridgehead atoms. The standard InChI is InChI=1S/C13H18N4O5/c1-13(2,3)22-12(19)15-5-4-10(11(18)8-15)16-7-9(6-14-16)17(20)21/h6-7,10H,4-5,8H2,1-3H3. The van der Waals surface area contributed by atoms with Crippen LogP contribution in [0.2, 0.25) is 0 Å². The summed E-state index contributed by atoms with van der Waals surface area (Å²) in [5, 5.41) is 14.5. The zero-order chi connectivity index (χ0) is 16.5. The number of aromatic nitrogens is 2. The van der Waals surface area contributed by atoms with Gasteiger partial charge in [-0.15, -0.1) is 0 Å². The molecule has 1 aliphatic heterocycles. The van der Waals surface area contributed by atoms with Gasteiger partial charge in [0, 0.05) is 6.54 Å². The zero-order valence-corrected chi connectivity index (χ0v) is 12.7. The van der Waals surface area contributed by atoms with E-state index in [9.17, 15) is 19.7 Å². The third-order valence-electron chi connectivity index (χ3n) is 3.16. The molecule has 0 spiro atoms. The van der Waals surface area contributed by atoms with Gasteiger partial charge in [0.05, 0.1) is 11.5 Å². The van der Waals surface area contributed by atoms with Crippen LogP contribution < -0.4 is 0 Å². The predicted octanol–water partition coefficient (Wildman–Crippen LogP) is 1.54. The van der Waals surface area contributed by atoms with E-state index < -0.39 is 22.7 Å². The van der Waals surface area contributed by atoms with Gasteiger partial charge in [0.2, 0.25) is 0 Å². The van der Waals surface area contributed by atoms with Gasteiger partial charge in [-0.3, -0.25) is 19.6 Å². The molecule has 1 unspecified atom stereocenters. The van der Waals surface area contributed by atoms with Crippen LogP contribution in [0.25, 0.3) is 0 Å². The van der Waals surface area contributed by atoms with E-state index in [1.807, 2.05) is 0 Å². The monoisotopic (exact) mass is 310 g/mol. The lowest BCUT2D eigenvalue weighted by molar-refractivity contribution is -0.385. The van der Waals surface area contributed by atoms with Gasteiger partial charge in [-0.1, -0.05) is 0 Å². The van der Waals surface area contributed by atoms with Crippen molar-refractivity contribution in [1.82, 2.24) is 14.7 Å². The van der Waals surface area contributed by atoms with Crippen molar-refractivity contribution in [1.29, 1.82) is 0 Å². The summed E-state index contributed by atoms with van der Waals surface area (Å²) >= 11 is 0. The predicted molar refractivity (Wildman–Crippen MR) is 75.3 cm³/mol. The smallest absolute Gasteiger partial charge is 0.410 e. The second-order valence-corrected chi connectivity index (χ2v) is 6.11. The van der Waals surface area contributed by atoms with E-state index in [-0.39, 0.29) is 18.0 Å². The van der Waals surface area contributed by atoms with Crippen LogP contribution in [-0.2, 0) is 9.53 Å². The Morgan fingerprint density at radius 2 is 2.18 bits per heavy atom. The SMILES string of the molecule is CC(C)(C)OC(=O)N1CCC(n2cc([N+](=O)[O-])cn2)C(=O)C1. The van der Waals surface area contributed by atoms with E-state index in [2.05, 4.69) is 5.10 Å². The number of carbonyl (C=O) groups excluding carboxylic acids is 2. The average Bonchev–Trinajstić information content (AvgIpc) is 2.86. The van der Waals surface area contributed by atoms with Crippen LogP contribution in [0.5, 0.6) is 0 Å². The molecule has 1 fully saturated rings. The molecular weight excluding hydrogens is 292 g/mol. The first-order valence-electron chi connectivity index (χ1n) is 6.86. The highest BCUT2D eigenvalue weighted by Crippen LogP contribution is 2.22. The molecule has 2 heterocycles. The van der Waals surface area contributed by atoms with Crippen molar-refractivity contribution in [2.75, 3.05) is 13.1 Å². The minimum atomic E-state index is -0.625. The summed E-state index contributed by atoms with van der Waals surface area (Å²) in [6.07, 6.45) is 2.14. The number of Topliss-reactive ketones (excluding diaryl/α,β-unsaturated/α-hetero) is 1. The molecule has 9 heteroatoms. The highest BCUT2D eigenvalue weighted by atomic mass is 16.6. The molecule has 1 aliphatic rings. The van der Waals surface area contributed by atoms with Gasteiger partial charge in [0.15, 0.2) is 5.78 Å². The maximum absolute atomic E-state index is 12.2. The minimum absolute atomic E-state index is 0.0900. The van der Waals surface area contributed by atoms with E-state index in [0.717, 1.165) is 6.20 Å². The van der Waals surface area contributed by atoms with Crippen molar-refractivity contribution in [3.8, 4) is 0 Å². The summed E-state index contributed by atoms with van der Waals surface area (Å²) in [5.74, 6) is -0.227. The van der Waals surface area contributed by atoms with Crippen LogP contribution in [0.1, 0.15) is 33.2 Å². The number of nitrogens with zero attached hydrogens (tertiary/aromatic N) is 4. The maximum Gasteiger partial charge on any atom is 0.410 e. The van der Waals surface area contributed by atoms with E-state index in [1.165, 1.54) is 15.8 Å². The number of hydrogen-bond donors (Lipinski definition) is 0. The van der Waals surface area contributed by atoms with Gasteiger partial charge in [-0.2, -0.15) is 5.10 Å². The molecule has 0 aromatic carbocycles. The summed E-state index contributed by atoms with van der Waals surface area (Å²) in [5.41, 5.74) is -0.790. The molecule has 1 atom stereocenters. The second-order valence-electron chi connectivity index (χ2n) is 6.11. The van der Waals surface area contributed by atoms with Gasteiger partial charge < -0.3 is 9.64 Å². The van der Waals surface area contributed by atoms with Gasteiger partial charge in [-0.25, -0.2) is 4.79 Å². The third kappa shape index (κ3) is 3.60. The molecule has 0 N–H and O–H groups in total. The molecule has 120 valence electrons. The maximum atomic E-state index is 12.2. The molecular formula is C13H18N4O5. The molecule has 0 saturated carbocycles. The largest absolute Gasteiger partial charge is 0.444 e. The third-order valence-corrected chi connectivity index (χ3v) is 3.16. The molecule has 1 aromatic heterocycles. The van der Waals surface area contributed by atoms with E-state index in [0.29, 0.717) is 13.0 Å².